The van der Waals surface area contributed by atoms with Gasteiger partial charge in [-0.15, -0.1) is 13.2 Å². The Morgan fingerprint density at radius 2 is 1.38 bits per heavy atom. The number of aromatic nitrogens is 1. The van der Waals surface area contributed by atoms with E-state index in [1.54, 1.807) is 20.8 Å². The van der Waals surface area contributed by atoms with Crippen molar-refractivity contribution in [2.75, 3.05) is 32.1 Å². The number of aliphatic hydroxyl groups is 7. The first-order valence-corrected chi connectivity index (χ1v) is 39.9. The van der Waals surface area contributed by atoms with Crippen molar-refractivity contribution in [2.24, 2.45) is 11.7 Å². The molecule has 2 fully saturated rings. The number of aliphatic hydroxyl groups excluding tert-OH is 7. The van der Waals surface area contributed by atoms with Crippen molar-refractivity contribution in [2.45, 2.75) is 169 Å². The number of carbonyl (C=O) groups is 9. The number of hydrogen-bond donors (Lipinski definition) is 22. The van der Waals surface area contributed by atoms with Gasteiger partial charge in [0.2, 0.25) is 53.4 Å². The van der Waals surface area contributed by atoms with Crippen LogP contribution in [0.1, 0.15) is 121 Å². The third-order valence-corrected chi connectivity index (χ3v) is 21.9. The number of hydrogen-bond acceptors (Lipinski definition) is 30. The topological polar surface area (TPSA) is 592 Å². The van der Waals surface area contributed by atoms with Gasteiger partial charge in [-0.3, -0.25) is 53.6 Å². The highest BCUT2D eigenvalue weighted by Crippen LogP contribution is 2.50. The largest absolute Gasteiger partial charge is 0.573 e. The Balaban J connectivity index is 1.01. The van der Waals surface area contributed by atoms with E-state index in [-0.39, 0.29) is 59.8 Å². The average Bonchev–Trinajstić information content (AvgIpc) is 0.769. The molecular weight excluding hydrogens is 1710 g/mol. The van der Waals surface area contributed by atoms with Crippen molar-refractivity contribution >= 4 is 82.1 Å². The molecule has 0 radical (unpaired) electrons. The normalized spacial score (nSPS) is 25.9. The highest BCUT2D eigenvalue weighted by atomic mass is 35.5. The number of ether oxygens (including phenoxy) is 7. The van der Waals surface area contributed by atoms with Crippen LogP contribution in [0.2, 0.25) is 10.0 Å². The standard InChI is InChI=1S/C82H90Cl2F3N13O26/c1-33(2)17-48(89-5)73(113)98-63-65(107)37-10-13-52(46(83)20-37)121-54-22-39-23-55(69(54)125-80-70(68(110)67(109)56(32-102)123-80)124-58-28-81(4,71(111)34(3)120-58)91-30-35-18-40(31-90-29-35)72(112)93-41-7-6-8-43(24-41)126-82(85,86)87)122-53-14-11-38(21-47(53)84)66(108)64-78(118)97-62(79(119)100-92-15-16-101)45-25-42(103)26-51(105)59(45)44-19-36(9-12-50(44)104)60(75(115)99-64)96-76(116)61(39)95-74(114)49(27-57(88)106)94-77(63)117/h6-14,18-26,29,31,33-34,48-49,56,58,60-68,70-71,80,89,91-92,101-105,107-111H,15-17,27-28,30,32H2,1-5H3,(H2,88,106)(H,93,112)(H,94,117)(H,95,114)(H,96,116)(H,97,118)(H,98,113)(H,99,115)(H,100,119)/t34?,48?,49?,56?,58?,60?,61?,62-,63?,64?,65?,66?,67?,68?,70?,71?,80?,81-/m1/s1. The van der Waals surface area contributed by atoms with Crippen LogP contribution < -0.4 is 83.4 Å². The molecule has 8 heterocycles. The number of nitrogens with one attached hydrogen (secondary N) is 11. The van der Waals surface area contributed by atoms with Gasteiger partial charge < -0.3 is 138 Å². The molecule has 14 rings (SSSR count). The number of nitrogens with two attached hydrogens (primary N) is 1. The molecule has 1 aromatic heterocycles. The predicted molar refractivity (Wildman–Crippen MR) is 433 cm³/mol. The van der Waals surface area contributed by atoms with Gasteiger partial charge in [0.15, 0.2) is 23.9 Å². The van der Waals surface area contributed by atoms with Gasteiger partial charge in [0, 0.05) is 66.4 Å². The Labute approximate surface area is 724 Å². The number of halogens is 5. The maximum Gasteiger partial charge on any atom is 0.573 e. The molecule has 16 unspecified atom stereocenters. The lowest BCUT2D eigenvalue weighted by Gasteiger charge is -2.48. The number of nitrogens with zero attached hydrogens (tertiary/aromatic N) is 1. The Kier molecular flexibility index (Phi) is 29.1. The molecular formula is C82H90Cl2F3N13O26. The molecule has 7 aliphatic rings. The zero-order valence-electron chi connectivity index (χ0n) is 67.3. The summed E-state index contributed by atoms with van der Waals surface area (Å²) in [4.78, 5) is 138. The Bertz CT molecular complexity index is 5300. The van der Waals surface area contributed by atoms with Gasteiger partial charge in [-0.25, -0.2) is 5.43 Å². The number of primary amides is 1. The highest BCUT2D eigenvalue weighted by Gasteiger charge is 2.53. The zero-order chi connectivity index (χ0) is 91.2. The van der Waals surface area contributed by atoms with E-state index in [0.29, 0.717) is 5.56 Å². The fraction of sp³-hybridized carbons (Fsp3) is 0.390. The number of rotatable bonds is 22. The molecule has 39 nitrogen and oxygen atoms in total. The van der Waals surface area contributed by atoms with E-state index in [9.17, 15) is 83.4 Å². The molecule has 126 heavy (non-hydrogen) atoms. The summed E-state index contributed by atoms with van der Waals surface area (Å²) >= 11 is 14.3. The van der Waals surface area contributed by atoms with E-state index in [2.05, 4.69) is 68.4 Å². The maximum atomic E-state index is 16.3. The summed E-state index contributed by atoms with van der Waals surface area (Å²) in [7, 11) is 1.46. The number of likely N-dealkylation sites (N-methyl/N-ethyl adjacent to an activating group) is 1. The second kappa shape index (κ2) is 39.4. The fourth-order valence-corrected chi connectivity index (χ4v) is 15.4. The van der Waals surface area contributed by atoms with Gasteiger partial charge in [0.25, 0.3) is 11.8 Å². The first kappa shape index (κ1) is 93.3. The van der Waals surface area contributed by atoms with Crippen LogP contribution >= 0.6 is 23.2 Å². The van der Waals surface area contributed by atoms with Gasteiger partial charge in [-0.2, -0.15) is 0 Å². The van der Waals surface area contributed by atoms with Crippen molar-refractivity contribution in [1.29, 1.82) is 0 Å². The van der Waals surface area contributed by atoms with E-state index in [4.69, 9.17) is 57.4 Å². The molecule has 0 spiro atoms. The van der Waals surface area contributed by atoms with Gasteiger partial charge in [0.05, 0.1) is 53.5 Å². The number of phenols is 3. The number of amides is 9. The minimum absolute atomic E-state index is 0.0497. The van der Waals surface area contributed by atoms with Crippen LogP contribution in [0.25, 0.3) is 11.1 Å². The van der Waals surface area contributed by atoms with Crippen LogP contribution in [0.4, 0.5) is 18.9 Å². The van der Waals surface area contributed by atoms with Gasteiger partial charge in [0.1, 0.15) is 101 Å². The average molecular weight is 1800 g/mol. The molecule has 0 aliphatic carbocycles. The fourth-order valence-electron chi connectivity index (χ4n) is 14.9. The number of alkyl halides is 3. The molecule has 2 saturated heterocycles. The van der Waals surface area contributed by atoms with Crippen LogP contribution in [0.5, 0.6) is 51.7 Å². The third kappa shape index (κ3) is 21.5. The lowest BCUT2D eigenvalue weighted by molar-refractivity contribution is -0.334. The van der Waals surface area contributed by atoms with Gasteiger partial charge >= 0.3 is 6.36 Å². The summed E-state index contributed by atoms with van der Waals surface area (Å²) in [5.74, 6) is -17.2. The number of pyridine rings is 1. The molecule has 11 bridgehead atoms. The van der Waals surface area contributed by atoms with Crippen molar-refractivity contribution in [3.63, 3.8) is 0 Å². The molecule has 7 aromatic rings. The predicted octanol–water partition coefficient (Wildman–Crippen LogP) is 2.01. The van der Waals surface area contributed by atoms with E-state index < -0.39 is 272 Å². The Morgan fingerprint density at radius 1 is 0.722 bits per heavy atom. The van der Waals surface area contributed by atoms with Crippen molar-refractivity contribution < 1.29 is 141 Å². The summed E-state index contributed by atoms with van der Waals surface area (Å²) in [5.41, 5.74) is 6.42. The lowest BCUT2D eigenvalue weighted by atomic mass is 9.84. The van der Waals surface area contributed by atoms with Crippen molar-refractivity contribution in [3.05, 3.63) is 171 Å². The molecule has 18 atom stereocenters. The summed E-state index contributed by atoms with van der Waals surface area (Å²) in [6.07, 6.45) is -22.5. The van der Waals surface area contributed by atoms with E-state index >= 15 is 24.0 Å². The number of carbonyl (C=O) groups excluding carboxylic acids is 9. The summed E-state index contributed by atoms with van der Waals surface area (Å²) < 4.78 is 82.6. The van der Waals surface area contributed by atoms with Gasteiger partial charge in [-0.05, 0) is 139 Å². The summed E-state index contributed by atoms with van der Waals surface area (Å²) in [6, 6.07) is 5.07. The SMILES string of the molecule is CNC(CC(C)C)C(=O)NC1C(=O)NC(CC(N)=O)C(=O)NC2C(=O)NC3C(=O)NC(C(=O)N[C@@H](C(=O)NNCCO)c4cc(O)cc(O)c4-c4cc3ccc4O)C(O)c3ccc(c(Cl)c3)Oc3cc2cc(c3OC2OC(CO)C(O)C(O)C2OC2C[C@@](C)(NCc3cncc(C(=O)Nc4cccc(OC(F)(F)F)c4)c3)C(O)C(C)O2)Oc2ccc(cc2Cl)C1O. The first-order chi connectivity index (χ1) is 59.7. The van der Waals surface area contributed by atoms with Crippen LogP contribution in [0.15, 0.2) is 122 Å². The van der Waals surface area contributed by atoms with Crippen molar-refractivity contribution in [1.82, 2.24) is 58.4 Å². The zero-order valence-corrected chi connectivity index (χ0v) is 68.8. The minimum atomic E-state index is -5.03. The quantitative estimate of drug-likeness (QED) is 0.0341. The van der Waals surface area contributed by atoms with Crippen LogP contribution in [-0.4, -0.2) is 221 Å². The van der Waals surface area contributed by atoms with Crippen molar-refractivity contribution in [3.8, 4) is 62.9 Å². The molecule has 44 heteroatoms. The maximum absolute atomic E-state index is 16.3. The number of benzene rings is 6. The number of anilines is 1. The lowest BCUT2D eigenvalue weighted by Crippen LogP contribution is -2.65. The van der Waals surface area contributed by atoms with E-state index in [1.807, 2.05) is 0 Å². The number of aromatic hydroxyl groups is 3. The molecule has 6 aromatic carbocycles. The second-order valence-electron chi connectivity index (χ2n) is 30.9. The smallest absolute Gasteiger partial charge is 0.508 e. The molecule has 7 aliphatic heterocycles. The van der Waals surface area contributed by atoms with E-state index in [0.717, 1.165) is 84.9 Å². The molecule has 0 saturated carbocycles. The Morgan fingerprint density at radius 3 is 2.02 bits per heavy atom. The number of fused-ring (bicyclic) bond motifs is 15. The summed E-state index contributed by atoms with van der Waals surface area (Å²) in [5, 5.41) is 139. The minimum Gasteiger partial charge on any atom is -0.508 e. The van der Waals surface area contributed by atoms with E-state index in [1.165, 1.54) is 50.6 Å². The monoisotopic (exact) mass is 1800 g/mol. The number of hydrazine groups is 1. The van der Waals surface area contributed by atoms with Crippen LogP contribution in [0, 0.1) is 5.92 Å². The third-order valence-electron chi connectivity index (χ3n) is 21.3. The molecule has 674 valence electrons. The van der Waals surface area contributed by atoms with Crippen LogP contribution in [0.3, 0.4) is 0 Å². The van der Waals surface area contributed by atoms with Crippen LogP contribution in [-0.2, 0) is 59.1 Å². The first-order valence-electron chi connectivity index (χ1n) is 39.2. The molecule has 23 N–H and O–H groups in total. The highest BCUT2D eigenvalue weighted by molar-refractivity contribution is 6.32. The number of phenolic OH excluding ortho intramolecular Hbond substituents is 3. The molecule has 9 amide bonds. The van der Waals surface area contributed by atoms with Gasteiger partial charge in [-0.1, -0.05) is 61.3 Å². The summed E-state index contributed by atoms with van der Waals surface area (Å²) in [6.45, 7) is 4.60. The second-order valence-corrected chi connectivity index (χ2v) is 31.7. The Hall–Kier alpha value is -11.9.